The number of benzene rings is 3. The summed E-state index contributed by atoms with van der Waals surface area (Å²) < 4.78 is 21.7. The van der Waals surface area contributed by atoms with E-state index in [2.05, 4.69) is 19.7 Å². The van der Waals surface area contributed by atoms with Gasteiger partial charge in [0.05, 0.1) is 11.3 Å². The van der Waals surface area contributed by atoms with Crippen molar-refractivity contribution in [3.8, 4) is 22.9 Å². The molecule has 1 aromatic heterocycles. The SMILES string of the molecule is Oc1cccc2c1CCCN2c1nnc(-c2ccccc2OCc2ccc(F)cc2)n1CC1CC1. The summed E-state index contributed by atoms with van der Waals surface area (Å²) in [6.45, 7) is 2.00. The molecule has 1 saturated carbocycles. The van der Waals surface area contributed by atoms with Crippen LogP contribution in [0.4, 0.5) is 16.0 Å². The van der Waals surface area contributed by atoms with Gasteiger partial charge in [0.1, 0.15) is 23.9 Å². The third-order valence-electron chi connectivity index (χ3n) is 6.77. The number of aromatic hydroxyl groups is 1. The number of nitrogens with zero attached hydrogens (tertiary/aromatic N) is 4. The van der Waals surface area contributed by atoms with Gasteiger partial charge in [0.15, 0.2) is 5.82 Å². The second-order valence-corrected chi connectivity index (χ2v) is 9.32. The van der Waals surface area contributed by atoms with Crippen LogP contribution in [0.25, 0.3) is 11.4 Å². The molecule has 2 heterocycles. The Balaban J connectivity index is 1.37. The van der Waals surface area contributed by atoms with Crippen molar-refractivity contribution >= 4 is 11.6 Å². The average molecular weight is 471 g/mol. The molecule has 0 unspecified atom stereocenters. The van der Waals surface area contributed by atoms with Gasteiger partial charge in [-0.1, -0.05) is 30.3 Å². The summed E-state index contributed by atoms with van der Waals surface area (Å²) in [6.07, 6.45) is 4.20. The van der Waals surface area contributed by atoms with Crippen molar-refractivity contribution in [2.24, 2.45) is 5.92 Å². The monoisotopic (exact) mass is 470 g/mol. The molecule has 178 valence electrons. The van der Waals surface area contributed by atoms with Crippen molar-refractivity contribution in [1.82, 2.24) is 14.8 Å². The Bertz CT molecular complexity index is 1350. The molecule has 0 bridgehead atoms. The van der Waals surface area contributed by atoms with Gasteiger partial charge < -0.3 is 14.7 Å². The van der Waals surface area contributed by atoms with E-state index in [4.69, 9.17) is 4.74 Å². The zero-order chi connectivity index (χ0) is 23.8. The molecule has 0 spiro atoms. The lowest BCUT2D eigenvalue weighted by Crippen LogP contribution is -2.27. The van der Waals surface area contributed by atoms with E-state index in [1.54, 1.807) is 18.2 Å². The van der Waals surface area contributed by atoms with E-state index in [0.717, 1.165) is 60.1 Å². The Hall–Kier alpha value is -3.87. The van der Waals surface area contributed by atoms with E-state index in [-0.39, 0.29) is 5.82 Å². The van der Waals surface area contributed by atoms with Crippen LogP contribution in [-0.4, -0.2) is 26.4 Å². The van der Waals surface area contributed by atoms with E-state index in [0.29, 0.717) is 24.0 Å². The number of anilines is 2. The van der Waals surface area contributed by atoms with Gasteiger partial charge >= 0.3 is 0 Å². The van der Waals surface area contributed by atoms with Gasteiger partial charge in [-0.2, -0.15) is 0 Å². The first kappa shape index (κ1) is 21.6. The summed E-state index contributed by atoms with van der Waals surface area (Å²) in [5, 5.41) is 19.7. The first-order valence-corrected chi connectivity index (χ1v) is 12.2. The Morgan fingerprint density at radius 3 is 2.63 bits per heavy atom. The molecule has 0 amide bonds. The lowest BCUT2D eigenvalue weighted by molar-refractivity contribution is 0.307. The number of phenolic OH excluding ortho intramolecular Hbond substituents is 1. The van der Waals surface area contributed by atoms with Gasteiger partial charge in [0.25, 0.3) is 0 Å². The van der Waals surface area contributed by atoms with Crippen LogP contribution in [0.3, 0.4) is 0 Å². The van der Waals surface area contributed by atoms with Crippen molar-refractivity contribution in [2.45, 2.75) is 38.8 Å². The maximum absolute atomic E-state index is 13.3. The van der Waals surface area contributed by atoms with Crippen molar-refractivity contribution in [3.05, 3.63) is 83.7 Å². The number of aromatic nitrogens is 3. The smallest absolute Gasteiger partial charge is 0.232 e. The van der Waals surface area contributed by atoms with Gasteiger partial charge in [-0.15, -0.1) is 10.2 Å². The molecule has 4 aromatic rings. The predicted octanol–water partition coefficient (Wildman–Crippen LogP) is 5.86. The molecule has 1 aliphatic heterocycles. The average Bonchev–Trinajstić information content (AvgIpc) is 3.61. The van der Waals surface area contributed by atoms with Crippen molar-refractivity contribution in [2.75, 3.05) is 11.4 Å². The molecule has 7 heteroatoms. The number of halogens is 1. The molecule has 1 aliphatic carbocycles. The van der Waals surface area contributed by atoms with Crippen LogP contribution in [0.1, 0.15) is 30.4 Å². The molecule has 1 N–H and O–H groups in total. The van der Waals surface area contributed by atoms with E-state index in [9.17, 15) is 9.50 Å². The number of fused-ring (bicyclic) bond motifs is 1. The summed E-state index contributed by atoms with van der Waals surface area (Å²) in [6, 6.07) is 19.9. The van der Waals surface area contributed by atoms with Gasteiger partial charge in [0.2, 0.25) is 5.95 Å². The zero-order valence-corrected chi connectivity index (χ0v) is 19.4. The van der Waals surface area contributed by atoms with Crippen LogP contribution in [0, 0.1) is 11.7 Å². The minimum atomic E-state index is -0.262. The summed E-state index contributed by atoms with van der Waals surface area (Å²) in [7, 11) is 0. The predicted molar refractivity (Wildman–Crippen MR) is 132 cm³/mol. The van der Waals surface area contributed by atoms with Crippen LogP contribution in [0.15, 0.2) is 66.7 Å². The van der Waals surface area contributed by atoms with Crippen LogP contribution in [-0.2, 0) is 19.6 Å². The zero-order valence-electron chi connectivity index (χ0n) is 19.4. The molecule has 0 atom stereocenters. The van der Waals surface area contributed by atoms with Crippen LogP contribution in [0.5, 0.6) is 11.5 Å². The minimum absolute atomic E-state index is 0.262. The van der Waals surface area contributed by atoms with E-state index >= 15 is 0 Å². The van der Waals surface area contributed by atoms with E-state index < -0.39 is 0 Å². The van der Waals surface area contributed by atoms with Crippen LogP contribution in [0.2, 0.25) is 0 Å². The fourth-order valence-corrected chi connectivity index (χ4v) is 4.75. The van der Waals surface area contributed by atoms with Gasteiger partial charge in [-0.05, 0) is 73.6 Å². The van der Waals surface area contributed by atoms with Crippen LogP contribution >= 0.6 is 0 Å². The highest BCUT2D eigenvalue weighted by atomic mass is 19.1. The highest BCUT2D eigenvalue weighted by Gasteiger charge is 2.30. The number of phenols is 1. The second kappa shape index (κ2) is 9.06. The summed E-state index contributed by atoms with van der Waals surface area (Å²) in [5.74, 6) is 2.97. The molecule has 35 heavy (non-hydrogen) atoms. The Morgan fingerprint density at radius 2 is 1.80 bits per heavy atom. The number of ether oxygens (including phenoxy) is 1. The third kappa shape index (κ3) is 4.34. The minimum Gasteiger partial charge on any atom is -0.508 e. The Morgan fingerprint density at radius 1 is 0.971 bits per heavy atom. The van der Waals surface area contributed by atoms with Crippen molar-refractivity contribution in [3.63, 3.8) is 0 Å². The topological polar surface area (TPSA) is 63.4 Å². The lowest BCUT2D eigenvalue weighted by atomic mass is 10.0. The molecule has 0 saturated heterocycles. The van der Waals surface area contributed by atoms with Gasteiger partial charge in [-0.25, -0.2) is 4.39 Å². The highest BCUT2D eigenvalue weighted by Crippen LogP contribution is 2.41. The lowest BCUT2D eigenvalue weighted by Gasteiger charge is -2.31. The number of hydrogen-bond acceptors (Lipinski definition) is 5. The van der Waals surface area contributed by atoms with E-state index in [1.165, 1.54) is 25.0 Å². The largest absolute Gasteiger partial charge is 0.508 e. The highest BCUT2D eigenvalue weighted by molar-refractivity contribution is 5.70. The summed E-state index contributed by atoms with van der Waals surface area (Å²) >= 11 is 0. The standard InChI is InChI=1S/C28H27FN4O2/c29-21-14-12-20(13-15-21)18-35-26-9-2-1-5-23(26)27-30-31-28(33(27)17-19-10-11-19)32-16-4-6-22-24(32)7-3-8-25(22)34/h1-3,5,7-9,12-15,19,34H,4,6,10-11,16-18H2. The fraction of sp³-hybridized carbons (Fsp3) is 0.286. The van der Waals surface area contributed by atoms with Crippen molar-refractivity contribution < 1.29 is 14.2 Å². The molecule has 3 aromatic carbocycles. The molecule has 6 rings (SSSR count). The van der Waals surface area contributed by atoms with Crippen LogP contribution < -0.4 is 9.64 Å². The maximum Gasteiger partial charge on any atom is 0.232 e. The molecule has 0 radical (unpaired) electrons. The first-order chi connectivity index (χ1) is 17.2. The second-order valence-electron chi connectivity index (χ2n) is 9.32. The van der Waals surface area contributed by atoms with Gasteiger partial charge in [0, 0.05) is 18.7 Å². The normalized spacial score (nSPS) is 15.2. The maximum atomic E-state index is 13.3. The molecular formula is C28H27FN4O2. The van der Waals surface area contributed by atoms with Gasteiger partial charge in [-0.3, -0.25) is 4.57 Å². The molecular weight excluding hydrogens is 443 g/mol. The van der Waals surface area contributed by atoms with E-state index in [1.807, 2.05) is 36.4 Å². The molecule has 1 fully saturated rings. The third-order valence-corrected chi connectivity index (χ3v) is 6.77. The Kier molecular flexibility index (Phi) is 5.60. The fourth-order valence-electron chi connectivity index (χ4n) is 4.75. The summed E-state index contributed by atoms with van der Waals surface area (Å²) in [5.41, 5.74) is 3.73. The first-order valence-electron chi connectivity index (χ1n) is 12.2. The summed E-state index contributed by atoms with van der Waals surface area (Å²) in [4.78, 5) is 2.18. The number of hydrogen-bond donors (Lipinski definition) is 1. The van der Waals surface area contributed by atoms with Crippen molar-refractivity contribution in [1.29, 1.82) is 0 Å². The number of para-hydroxylation sites is 1. The Labute approximate surface area is 203 Å². The quantitative estimate of drug-likeness (QED) is 0.366. The molecule has 6 nitrogen and oxygen atoms in total. The molecule has 2 aliphatic rings. The number of rotatable bonds is 7.